The minimum absolute atomic E-state index is 0.0256. The fourth-order valence-electron chi connectivity index (χ4n) is 1.87. The summed E-state index contributed by atoms with van der Waals surface area (Å²) in [5.41, 5.74) is -0.188. The highest BCUT2D eigenvalue weighted by molar-refractivity contribution is 6.74. The Morgan fingerprint density at radius 3 is 1.84 bits per heavy atom. The van der Waals surface area contributed by atoms with Crippen molar-refractivity contribution in [2.24, 2.45) is 5.41 Å². The molecule has 114 valence electrons. The summed E-state index contributed by atoms with van der Waals surface area (Å²) in [6, 6.07) is 0. The Morgan fingerprint density at radius 2 is 1.47 bits per heavy atom. The van der Waals surface area contributed by atoms with E-state index in [4.69, 9.17) is 16.5 Å². The van der Waals surface area contributed by atoms with Crippen molar-refractivity contribution in [2.45, 2.75) is 39.7 Å². The van der Waals surface area contributed by atoms with Gasteiger partial charge in [0.05, 0.1) is 0 Å². The number of rotatable bonds is 2. The molecule has 0 aromatic rings. The van der Waals surface area contributed by atoms with E-state index in [1.807, 2.05) is 27.7 Å². The lowest BCUT2D eigenvalue weighted by molar-refractivity contribution is 0.0645. The fourth-order valence-corrected chi connectivity index (χ4v) is 11.4. The molecule has 0 saturated carbocycles. The van der Waals surface area contributed by atoms with Crippen LogP contribution in [-0.4, -0.2) is 56.6 Å². The van der Waals surface area contributed by atoms with Gasteiger partial charge < -0.3 is 35.6 Å². The van der Waals surface area contributed by atoms with Crippen molar-refractivity contribution in [1.82, 2.24) is 0 Å². The van der Waals surface area contributed by atoms with Gasteiger partial charge in [0.25, 0.3) is 10.0 Å². The molecule has 1 rings (SSSR count). The maximum atomic E-state index is 9.58. The van der Waals surface area contributed by atoms with Gasteiger partial charge in [-0.15, -0.1) is 0 Å². The molecule has 0 amide bonds. The molecule has 1 aliphatic heterocycles. The number of hydrogen-bond acceptors (Lipinski definition) is 8. The minimum Gasteiger partial charge on any atom is -0.376 e. The van der Waals surface area contributed by atoms with E-state index in [1.165, 1.54) is 0 Å². The highest BCUT2D eigenvalue weighted by Crippen LogP contribution is 2.32. The van der Waals surface area contributed by atoms with Gasteiger partial charge in [-0.1, -0.05) is 27.7 Å². The summed E-state index contributed by atoms with van der Waals surface area (Å²) in [5, 5.41) is 0. The molecule has 0 aromatic carbocycles. The van der Waals surface area contributed by atoms with Crippen LogP contribution in [0.25, 0.3) is 0 Å². The average Bonchev–Trinajstić information content (AvgIpc) is 2.10. The number of hydrogen-bond donors (Lipinski definition) is 4. The Hall–Kier alpha value is 0.548. The predicted molar refractivity (Wildman–Crippen MR) is 73.9 cm³/mol. The Labute approximate surface area is 118 Å². The summed E-state index contributed by atoms with van der Waals surface area (Å²) in [6.45, 7) is 7.87. The Kier molecular flexibility index (Phi) is 5.67. The summed E-state index contributed by atoms with van der Waals surface area (Å²) < 4.78 is 19.7. The van der Waals surface area contributed by atoms with Gasteiger partial charge in [0, 0.05) is 0 Å². The van der Waals surface area contributed by atoms with E-state index >= 15 is 0 Å². The summed E-state index contributed by atoms with van der Waals surface area (Å²) in [7, 11) is -13.2. The van der Waals surface area contributed by atoms with E-state index < -0.39 is 37.4 Å². The normalized spacial score (nSPS) is 30.6. The topological polar surface area (TPSA) is 118 Å². The molecule has 1 aliphatic rings. The third-order valence-corrected chi connectivity index (χ3v) is 11.9. The molecular formula is C7H22O8Si4. The molecule has 12 heteroatoms. The molecule has 0 aromatic heterocycles. The highest BCUT2D eigenvalue weighted by Gasteiger charge is 2.51. The molecule has 1 heterocycles. The maximum absolute atomic E-state index is 9.58. The van der Waals surface area contributed by atoms with E-state index in [0.717, 1.165) is 0 Å². The van der Waals surface area contributed by atoms with E-state index in [9.17, 15) is 19.2 Å². The molecule has 1 fully saturated rings. The lowest BCUT2D eigenvalue weighted by Crippen LogP contribution is -2.60. The van der Waals surface area contributed by atoms with Crippen LogP contribution in [0, 0.1) is 5.41 Å². The van der Waals surface area contributed by atoms with Gasteiger partial charge in [-0.2, -0.15) is 0 Å². The van der Waals surface area contributed by atoms with Crippen molar-refractivity contribution in [3.8, 4) is 0 Å². The largest absolute Gasteiger partial charge is 0.655 e. The second kappa shape index (κ2) is 6.12. The summed E-state index contributed by atoms with van der Waals surface area (Å²) in [6.07, 6.45) is 0.677. The van der Waals surface area contributed by atoms with Crippen molar-refractivity contribution < 1.29 is 35.6 Å². The van der Waals surface area contributed by atoms with E-state index in [0.29, 0.717) is 6.42 Å². The smallest absolute Gasteiger partial charge is 0.376 e. The lowest BCUT2D eigenvalue weighted by Gasteiger charge is -2.35. The second-order valence-corrected chi connectivity index (χ2v) is 14.3. The minimum atomic E-state index is -4.26. The van der Waals surface area contributed by atoms with Crippen molar-refractivity contribution in [3.63, 3.8) is 0 Å². The first-order valence-corrected chi connectivity index (χ1v) is 12.1. The molecule has 1 unspecified atom stereocenters. The van der Waals surface area contributed by atoms with Gasteiger partial charge in [-0.25, -0.2) is 0 Å². The summed E-state index contributed by atoms with van der Waals surface area (Å²) >= 11 is 0. The predicted octanol–water partition coefficient (Wildman–Crippen LogP) is -2.05. The molecule has 0 radical (unpaired) electrons. The van der Waals surface area contributed by atoms with Crippen molar-refractivity contribution in [2.75, 3.05) is 0 Å². The van der Waals surface area contributed by atoms with Crippen LogP contribution in [0.4, 0.5) is 0 Å². The quantitative estimate of drug-likeness (QED) is 0.422. The van der Waals surface area contributed by atoms with Crippen molar-refractivity contribution in [3.05, 3.63) is 0 Å². The van der Waals surface area contributed by atoms with E-state index in [1.54, 1.807) is 0 Å². The molecule has 0 spiro atoms. The van der Waals surface area contributed by atoms with Crippen LogP contribution in [0.2, 0.25) is 5.54 Å². The third kappa shape index (κ3) is 6.69. The molecule has 19 heavy (non-hydrogen) atoms. The van der Waals surface area contributed by atoms with E-state index in [2.05, 4.69) is 0 Å². The second-order valence-electron chi connectivity index (χ2n) is 5.85. The van der Waals surface area contributed by atoms with Gasteiger partial charge >= 0.3 is 27.4 Å². The van der Waals surface area contributed by atoms with Gasteiger partial charge in [-0.05, 0) is 17.4 Å². The zero-order chi connectivity index (χ0) is 14.9. The molecular weight excluding hydrogens is 324 g/mol. The van der Waals surface area contributed by atoms with E-state index in [-0.39, 0.29) is 11.0 Å². The van der Waals surface area contributed by atoms with Crippen LogP contribution in [0.1, 0.15) is 34.1 Å². The van der Waals surface area contributed by atoms with Gasteiger partial charge in [0.2, 0.25) is 0 Å². The van der Waals surface area contributed by atoms with Crippen LogP contribution in [-0.2, 0) is 16.5 Å². The summed E-state index contributed by atoms with van der Waals surface area (Å²) in [4.78, 5) is 38.3. The van der Waals surface area contributed by atoms with Crippen molar-refractivity contribution >= 4 is 37.4 Å². The first-order chi connectivity index (χ1) is 8.40. The van der Waals surface area contributed by atoms with Crippen LogP contribution >= 0.6 is 0 Å². The first-order valence-electron chi connectivity index (χ1n) is 5.93. The van der Waals surface area contributed by atoms with Crippen LogP contribution in [0.15, 0.2) is 0 Å². The maximum Gasteiger partial charge on any atom is 0.655 e. The lowest BCUT2D eigenvalue weighted by atomic mass is 9.91. The third-order valence-electron chi connectivity index (χ3n) is 2.43. The van der Waals surface area contributed by atoms with Gasteiger partial charge in [0.1, 0.15) is 0 Å². The molecule has 0 bridgehead atoms. The highest BCUT2D eigenvalue weighted by atomic mass is 28.5. The molecule has 8 nitrogen and oxygen atoms in total. The molecule has 1 saturated heterocycles. The molecule has 1 atom stereocenters. The Morgan fingerprint density at radius 1 is 1.05 bits per heavy atom. The van der Waals surface area contributed by atoms with Crippen LogP contribution in [0.5, 0.6) is 0 Å². The monoisotopic (exact) mass is 346 g/mol. The first kappa shape index (κ1) is 17.6. The zero-order valence-electron chi connectivity index (χ0n) is 11.5. The van der Waals surface area contributed by atoms with Crippen LogP contribution in [0.3, 0.4) is 0 Å². The Balaban J connectivity index is 2.79. The SMILES string of the molecule is CC(CC(C)(C)C)[SiH]1O[Si](O)(O)O[SiH2]O[Si](O)(O)O1. The average molecular weight is 347 g/mol. The fraction of sp³-hybridized carbons (Fsp3) is 1.00. The van der Waals surface area contributed by atoms with Crippen LogP contribution < -0.4 is 0 Å². The Bertz CT molecular complexity index is 288. The van der Waals surface area contributed by atoms with Crippen molar-refractivity contribution in [1.29, 1.82) is 0 Å². The standard InChI is InChI=1S/C7H22O8Si4/c1-6(5-7(2,3)4)17-14-18(8,9)12-16-13-19(10,11)15-17/h6,8-11,17H,5,16H2,1-4H3. The summed E-state index contributed by atoms with van der Waals surface area (Å²) in [5.74, 6) is 0. The van der Waals surface area contributed by atoms with Gasteiger partial charge in [0.15, 0.2) is 0 Å². The molecule has 4 N–H and O–H groups in total. The van der Waals surface area contributed by atoms with Gasteiger partial charge in [-0.3, -0.25) is 0 Å². The zero-order valence-corrected chi connectivity index (χ0v) is 16.1. The molecule has 0 aliphatic carbocycles.